The highest BCUT2D eigenvalue weighted by Gasteiger charge is 2.09. The van der Waals surface area contributed by atoms with Crippen LogP contribution in [0.25, 0.3) is 10.8 Å². The second kappa shape index (κ2) is 4.88. The van der Waals surface area contributed by atoms with Crippen molar-refractivity contribution in [2.24, 2.45) is 0 Å². The van der Waals surface area contributed by atoms with Crippen molar-refractivity contribution in [2.75, 3.05) is 0 Å². The molecule has 2 rings (SSSR count). The maximum absolute atomic E-state index is 10.2. The Balaban J connectivity index is 2.74. The largest absolute Gasteiger partial charge is 0.507 e. The van der Waals surface area contributed by atoms with Crippen molar-refractivity contribution in [1.29, 1.82) is 0 Å². The molecule has 0 heterocycles. The summed E-state index contributed by atoms with van der Waals surface area (Å²) >= 11 is 0. The molecule has 0 bridgehead atoms. The quantitative estimate of drug-likeness (QED) is 0.778. The summed E-state index contributed by atoms with van der Waals surface area (Å²) in [5.41, 5.74) is 2.13. The molecule has 0 aliphatic carbocycles. The third-order valence-electron chi connectivity index (χ3n) is 2.91. The van der Waals surface area contributed by atoms with Gasteiger partial charge in [0.2, 0.25) is 0 Å². The van der Waals surface area contributed by atoms with E-state index in [2.05, 4.69) is 13.2 Å². The fourth-order valence-corrected chi connectivity index (χ4v) is 2.13. The van der Waals surface area contributed by atoms with E-state index < -0.39 is 0 Å². The van der Waals surface area contributed by atoms with Gasteiger partial charge in [0, 0.05) is 5.39 Å². The number of hydrogen-bond donors (Lipinski definition) is 1. The number of hydrogen-bond acceptors (Lipinski definition) is 1. The predicted octanol–water partition coefficient (Wildman–Crippen LogP) is 4.00. The van der Waals surface area contributed by atoms with Crippen LogP contribution in [0.5, 0.6) is 5.75 Å². The van der Waals surface area contributed by atoms with E-state index in [1.807, 2.05) is 42.5 Å². The lowest BCUT2D eigenvalue weighted by Crippen LogP contribution is -1.91. The first kappa shape index (κ1) is 11.5. The summed E-state index contributed by atoms with van der Waals surface area (Å²) in [6.45, 7) is 7.50. The Labute approximate surface area is 102 Å². The molecule has 0 amide bonds. The molecule has 1 nitrogen and oxygen atoms in total. The summed E-state index contributed by atoms with van der Waals surface area (Å²) in [7, 11) is 0. The van der Waals surface area contributed by atoms with Gasteiger partial charge in [-0.05, 0) is 29.4 Å². The summed E-state index contributed by atoms with van der Waals surface area (Å²) < 4.78 is 0. The first-order valence-electron chi connectivity index (χ1n) is 5.72. The van der Waals surface area contributed by atoms with E-state index in [9.17, 15) is 5.11 Å². The lowest BCUT2D eigenvalue weighted by atomic mass is 9.96. The molecular formula is C16H16O. The van der Waals surface area contributed by atoms with Gasteiger partial charge in [0.25, 0.3) is 0 Å². The van der Waals surface area contributed by atoms with Crippen molar-refractivity contribution in [3.8, 4) is 5.75 Å². The van der Waals surface area contributed by atoms with Crippen LogP contribution in [0.3, 0.4) is 0 Å². The van der Waals surface area contributed by atoms with Crippen molar-refractivity contribution < 1.29 is 5.11 Å². The summed E-state index contributed by atoms with van der Waals surface area (Å²) in [6, 6.07) is 9.95. The van der Waals surface area contributed by atoms with E-state index in [-0.39, 0.29) is 0 Å². The van der Waals surface area contributed by atoms with Gasteiger partial charge < -0.3 is 5.11 Å². The number of allylic oxidation sites excluding steroid dienone is 2. The van der Waals surface area contributed by atoms with Crippen LogP contribution in [0.4, 0.5) is 0 Å². The second-order valence-electron chi connectivity index (χ2n) is 4.07. The van der Waals surface area contributed by atoms with Crippen LogP contribution in [-0.4, -0.2) is 5.11 Å². The molecule has 0 saturated carbocycles. The molecule has 0 aromatic heterocycles. The van der Waals surface area contributed by atoms with Crippen LogP contribution >= 0.6 is 0 Å². The van der Waals surface area contributed by atoms with E-state index >= 15 is 0 Å². The molecule has 0 aliphatic rings. The number of phenols is 1. The van der Waals surface area contributed by atoms with Crippen LogP contribution in [-0.2, 0) is 12.8 Å². The fraction of sp³-hybridized carbons (Fsp3) is 0.125. The molecule has 0 aliphatic heterocycles. The van der Waals surface area contributed by atoms with Gasteiger partial charge in [-0.1, -0.05) is 42.5 Å². The molecule has 0 unspecified atom stereocenters. The van der Waals surface area contributed by atoms with Crippen molar-refractivity contribution in [2.45, 2.75) is 12.8 Å². The van der Waals surface area contributed by atoms with Gasteiger partial charge >= 0.3 is 0 Å². The summed E-state index contributed by atoms with van der Waals surface area (Å²) in [5, 5.41) is 12.2. The number of aromatic hydroxyl groups is 1. The van der Waals surface area contributed by atoms with Gasteiger partial charge in [-0.2, -0.15) is 0 Å². The highest BCUT2D eigenvalue weighted by Crippen LogP contribution is 2.32. The van der Waals surface area contributed by atoms with Crippen LogP contribution in [0.15, 0.2) is 55.6 Å². The minimum absolute atomic E-state index is 0.369. The molecule has 17 heavy (non-hydrogen) atoms. The Kier molecular flexibility index (Phi) is 3.29. The molecule has 2 aromatic carbocycles. The van der Waals surface area contributed by atoms with Crippen molar-refractivity contribution >= 4 is 10.8 Å². The first-order valence-corrected chi connectivity index (χ1v) is 5.72. The smallest absolute Gasteiger partial charge is 0.126 e. The Bertz CT molecular complexity index is 567. The van der Waals surface area contributed by atoms with Crippen LogP contribution in [0.2, 0.25) is 0 Å². The van der Waals surface area contributed by atoms with E-state index in [1.54, 1.807) is 0 Å². The zero-order chi connectivity index (χ0) is 12.3. The average molecular weight is 224 g/mol. The Hall–Kier alpha value is -2.02. The first-order chi connectivity index (χ1) is 8.27. The molecule has 1 heteroatoms. The predicted molar refractivity (Wildman–Crippen MR) is 73.4 cm³/mol. The Morgan fingerprint density at radius 2 is 1.53 bits per heavy atom. The van der Waals surface area contributed by atoms with Crippen molar-refractivity contribution in [3.05, 3.63) is 66.8 Å². The van der Waals surface area contributed by atoms with Crippen LogP contribution < -0.4 is 0 Å². The van der Waals surface area contributed by atoms with Crippen molar-refractivity contribution in [3.63, 3.8) is 0 Å². The number of fused-ring (bicyclic) bond motifs is 1. The molecule has 1 N–H and O–H groups in total. The zero-order valence-corrected chi connectivity index (χ0v) is 9.82. The molecule has 0 spiro atoms. The standard InChI is InChI=1S/C16H16O/c1-3-7-12-11-13(8-4-2)16(17)15-10-6-5-9-14(12)15/h3-6,9-11,17H,1-2,7-8H2. The normalized spacial score (nSPS) is 10.4. The lowest BCUT2D eigenvalue weighted by Gasteiger charge is -2.11. The minimum atomic E-state index is 0.369. The fourth-order valence-electron chi connectivity index (χ4n) is 2.13. The van der Waals surface area contributed by atoms with Crippen LogP contribution in [0, 0.1) is 0 Å². The van der Waals surface area contributed by atoms with Gasteiger partial charge in [-0.25, -0.2) is 0 Å². The monoisotopic (exact) mass is 224 g/mol. The topological polar surface area (TPSA) is 20.2 Å². The van der Waals surface area contributed by atoms with Gasteiger partial charge in [0.1, 0.15) is 5.75 Å². The SMILES string of the molecule is C=CCc1cc(CC=C)c2ccccc2c1O. The van der Waals surface area contributed by atoms with Crippen molar-refractivity contribution in [1.82, 2.24) is 0 Å². The highest BCUT2D eigenvalue weighted by atomic mass is 16.3. The molecule has 0 fully saturated rings. The summed E-state index contributed by atoms with van der Waals surface area (Å²) in [6.07, 6.45) is 5.18. The molecule has 2 aromatic rings. The third kappa shape index (κ3) is 2.09. The second-order valence-corrected chi connectivity index (χ2v) is 4.07. The molecular weight excluding hydrogens is 208 g/mol. The molecule has 86 valence electrons. The van der Waals surface area contributed by atoms with E-state index in [0.717, 1.165) is 22.8 Å². The van der Waals surface area contributed by atoms with Gasteiger partial charge in [0.05, 0.1) is 0 Å². The highest BCUT2D eigenvalue weighted by molar-refractivity contribution is 5.92. The van der Waals surface area contributed by atoms with Gasteiger partial charge in [-0.3, -0.25) is 0 Å². The maximum Gasteiger partial charge on any atom is 0.126 e. The molecule has 0 atom stereocenters. The van der Waals surface area contributed by atoms with Gasteiger partial charge in [-0.15, -0.1) is 13.2 Å². The number of phenolic OH excluding ortho intramolecular Hbond substituents is 1. The maximum atomic E-state index is 10.2. The van der Waals surface area contributed by atoms with Crippen LogP contribution in [0.1, 0.15) is 11.1 Å². The molecule has 0 radical (unpaired) electrons. The summed E-state index contributed by atoms with van der Waals surface area (Å²) in [4.78, 5) is 0. The Morgan fingerprint density at radius 3 is 2.18 bits per heavy atom. The van der Waals surface area contributed by atoms with Gasteiger partial charge in [0.15, 0.2) is 0 Å². The molecule has 0 saturated heterocycles. The summed E-state index contributed by atoms with van der Waals surface area (Å²) in [5.74, 6) is 0.369. The average Bonchev–Trinajstić information content (AvgIpc) is 2.36. The number of rotatable bonds is 4. The third-order valence-corrected chi connectivity index (χ3v) is 2.91. The minimum Gasteiger partial charge on any atom is -0.507 e. The number of benzene rings is 2. The van der Waals surface area contributed by atoms with E-state index in [0.29, 0.717) is 12.2 Å². The van der Waals surface area contributed by atoms with E-state index in [1.165, 1.54) is 5.56 Å². The Morgan fingerprint density at radius 1 is 0.941 bits per heavy atom. The zero-order valence-electron chi connectivity index (χ0n) is 9.82. The lowest BCUT2D eigenvalue weighted by molar-refractivity contribution is 0.476. The van der Waals surface area contributed by atoms with E-state index in [4.69, 9.17) is 0 Å².